The molecule has 0 aromatic heterocycles. The van der Waals surface area contributed by atoms with E-state index in [1.165, 1.54) is 37.7 Å². The van der Waals surface area contributed by atoms with E-state index in [0.717, 1.165) is 58.3 Å². The van der Waals surface area contributed by atoms with Crippen LogP contribution in [-0.2, 0) is 16.0 Å². The van der Waals surface area contributed by atoms with Crippen molar-refractivity contribution in [2.75, 3.05) is 33.2 Å². The Hall–Kier alpha value is -1.92. The third kappa shape index (κ3) is 9.10. The highest BCUT2D eigenvalue weighted by Crippen LogP contribution is 2.30. The molecule has 2 fully saturated rings. The quantitative estimate of drug-likeness (QED) is 0.404. The molecule has 2 amide bonds. The number of likely N-dealkylation sites (N-methyl/N-ethyl adjacent to an activating group) is 1. The van der Waals surface area contributed by atoms with Gasteiger partial charge in [-0.05, 0) is 70.0 Å². The molecule has 1 heterocycles. The molecule has 3 rings (SSSR count). The first kappa shape index (κ1) is 29.6. The van der Waals surface area contributed by atoms with Crippen molar-refractivity contribution < 1.29 is 9.59 Å². The molecule has 1 aliphatic heterocycles. The van der Waals surface area contributed by atoms with Crippen LogP contribution in [0.25, 0.3) is 0 Å². The molecule has 2 N–H and O–H groups in total. The van der Waals surface area contributed by atoms with Gasteiger partial charge in [0, 0.05) is 25.7 Å². The van der Waals surface area contributed by atoms with Crippen molar-refractivity contribution in [1.29, 1.82) is 0 Å². The number of likely N-dealkylation sites (tertiary alicyclic amines) is 1. The van der Waals surface area contributed by atoms with Gasteiger partial charge in [-0.25, -0.2) is 0 Å². The molecular weight excluding hydrogens is 460 g/mol. The number of amides is 2. The lowest BCUT2D eigenvalue weighted by Crippen LogP contribution is -2.59. The Morgan fingerprint density at radius 1 is 1.05 bits per heavy atom. The SMILES string of the molecule is CCCN(CCc1ccccc1)CC1C(C)CCCN1C(=O)C(CC1CCCCC1)NC(=O)C(C)NC. The monoisotopic (exact) mass is 512 g/mol. The summed E-state index contributed by atoms with van der Waals surface area (Å²) in [6.45, 7) is 10.2. The van der Waals surface area contributed by atoms with Crippen molar-refractivity contribution in [2.45, 2.75) is 103 Å². The van der Waals surface area contributed by atoms with Crippen molar-refractivity contribution in [3.05, 3.63) is 35.9 Å². The zero-order valence-corrected chi connectivity index (χ0v) is 23.9. The van der Waals surface area contributed by atoms with Crippen molar-refractivity contribution in [3.8, 4) is 0 Å². The topological polar surface area (TPSA) is 64.7 Å². The number of nitrogens with zero attached hydrogens (tertiary/aromatic N) is 2. The van der Waals surface area contributed by atoms with Crippen LogP contribution in [0, 0.1) is 11.8 Å². The van der Waals surface area contributed by atoms with E-state index in [2.05, 4.69) is 64.6 Å². The van der Waals surface area contributed by atoms with E-state index in [1.807, 2.05) is 6.92 Å². The van der Waals surface area contributed by atoms with Crippen LogP contribution < -0.4 is 10.6 Å². The summed E-state index contributed by atoms with van der Waals surface area (Å²) in [6, 6.07) is 10.1. The summed E-state index contributed by atoms with van der Waals surface area (Å²) in [7, 11) is 1.79. The molecule has 0 spiro atoms. The highest BCUT2D eigenvalue weighted by atomic mass is 16.2. The Morgan fingerprint density at radius 2 is 1.78 bits per heavy atom. The Kier molecular flexibility index (Phi) is 12.4. The van der Waals surface area contributed by atoms with Crippen LogP contribution in [0.2, 0.25) is 0 Å². The van der Waals surface area contributed by atoms with Gasteiger partial charge in [0.1, 0.15) is 6.04 Å². The summed E-state index contributed by atoms with van der Waals surface area (Å²) in [5.74, 6) is 1.04. The molecule has 6 heteroatoms. The minimum absolute atomic E-state index is 0.0752. The normalized spacial score (nSPS) is 22.6. The molecule has 1 aromatic carbocycles. The number of benzene rings is 1. The second kappa shape index (κ2) is 15.5. The van der Waals surface area contributed by atoms with Crippen LogP contribution >= 0.6 is 0 Å². The fourth-order valence-electron chi connectivity index (χ4n) is 6.21. The van der Waals surface area contributed by atoms with Gasteiger partial charge >= 0.3 is 0 Å². The highest BCUT2D eigenvalue weighted by molar-refractivity contribution is 5.89. The third-order valence-corrected chi connectivity index (χ3v) is 8.68. The van der Waals surface area contributed by atoms with Crippen molar-refractivity contribution in [1.82, 2.24) is 20.4 Å². The molecule has 208 valence electrons. The van der Waals surface area contributed by atoms with Crippen LogP contribution in [0.3, 0.4) is 0 Å². The van der Waals surface area contributed by atoms with Gasteiger partial charge in [-0.2, -0.15) is 0 Å². The van der Waals surface area contributed by atoms with Crippen LogP contribution in [0.4, 0.5) is 0 Å². The lowest BCUT2D eigenvalue weighted by atomic mass is 9.83. The van der Waals surface area contributed by atoms with Gasteiger partial charge in [0.25, 0.3) is 0 Å². The lowest BCUT2D eigenvalue weighted by molar-refractivity contribution is -0.142. The van der Waals surface area contributed by atoms with Gasteiger partial charge < -0.3 is 20.4 Å². The molecule has 1 aromatic rings. The van der Waals surface area contributed by atoms with E-state index in [4.69, 9.17) is 0 Å². The summed E-state index contributed by atoms with van der Waals surface area (Å²) in [6.07, 6.45) is 11.2. The number of carbonyl (C=O) groups excluding carboxylic acids is 2. The average molecular weight is 513 g/mol. The van der Waals surface area contributed by atoms with Crippen molar-refractivity contribution in [2.24, 2.45) is 11.8 Å². The second-order valence-corrected chi connectivity index (χ2v) is 11.6. The Balaban J connectivity index is 1.74. The standard InChI is InChI=1S/C31H52N4O2/c1-5-19-34(21-18-26-14-8-6-9-15-26)23-29-24(2)13-12-20-35(29)31(37)28(33-30(36)25(3)32-4)22-27-16-10-7-11-17-27/h6,8-9,14-15,24-25,27-29,32H,5,7,10-13,16-23H2,1-4H3,(H,33,36). The molecule has 4 unspecified atom stereocenters. The van der Waals surface area contributed by atoms with Crippen LogP contribution in [0.5, 0.6) is 0 Å². The molecular formula is C31H52N4O2. The first-order valence-corrected chi connectivity index (χ1v) is 15.0. The fraction of sp³-hybridized carbons (Fsp3) is 0.742. The second-order valence-electron chi connectivity index (χ2n) is 11.6. The first-order chi connectivity index (χ1) is 17.9. The van der Waals surface area contributed by atoms with Gasteiger partial charge in [-0.3, -0.25) is 9.59 Å². The fourth-order valence-corrected chi connectivity index (χ4v) is 6.21. The van der Waals surface area contributed by atoms with E-state index in [9.17, 15) is 9.59 Å². The van der Waals surface area contributed by atoms with Gasteiger partial charge in [-0.1, -0.05) is 76.3 Å². The predicted molar refractivity (Wildman–Crippen MR) is 152 cm³/mol. The maximum absolute atomic E-state index is 14.2. The highest BCUT2D eigenvalue weighted by Gasteiger charge is 2.37. The average Bonchev–Trinajstić information content (AvgIpc) is 2.92. The first-order valence-electron chi connectivity index (χ1n) is 15.0. The molecule has 2 aliphatic rings. The minimum atomic E-state index is -0.428. The number of hydrogen-bond donors (Lipinski definition) is 2. The van der Waals surface area contributed by atoms with E-state index < -0.39 is 6.04 Å². The van der Waals surface area contributed by atoms with E-state index in [1.54, 1.807) is 7.05 Å². The Morgan fingerprint density at radius 3 is 2.46 bits per heavy atom. The summed E-state index contributed by atoms with van der Waals surface area (Å²) in [5, 5.41) is 6.20. The van der Waals surface area contributed by atoms with Crippen LogP contribution in [-0.4, -0.2) is 73.0 Å². The van der Waals surface area contributed by atoms with Crippen molar-refractivity contribution in [3.63, 3.8) is 0 Å². The minimum Gasteiger partial charge on any atom is -0.343 e. The largest absolute Gasteiger partial charge is 0.343 e. The number of piperidine rings is 1. The predicted octanol–water partition coefficient (Wildman–Crippen LogP) is 4.63. The number of rotatable bonds is 13. The molecule has 1 aliphatic carbocycles. The van der Waals surface area contributed by atoms with Crippen molar-refractivity contribution >= 4 is 11.8 Å². The van der Waals surface area contributed by atoms with Gasteiger partial charge in [0.15, 0.2) is 0 Å². The summed E-state index contributed by atoms with van der Waals surface area (Å²) in [4.78, 5) is 31.8. The van der Waals surface area contributed by atoms with Gasteiger partial charge in [0.05, 0.1) is 6.04 Å². The van der Waals surface area contributed by atoms with Crippen LogP contribution in [0.15, 0.2) is 30.3 Å². The molecule has 0 radical (unpaired) electrons. The Labute approximate surface area is 225 Å². The smallest absolute Gasteiger partial charge is 0.245 e. The molecule has 1 saturated carbocycles. The number of carbonyl (C=O) groups is 2. The zero-order chi connectivity index (χ0) is 26.6. The van der Waals surface area contributed by atoms with Gasteiger partial charge in [0.2, 0.25) is 11.8 Å². The zero-order valence-electron chi connectivity index (χ0n) is 23.9. The lowest BCUT2D eigenvalue weighted by Gasteiger charge is -2.44. The number of nitrogens with one attached hydrogen (secondary N) is 2. The molecule has 6 nitrogen and oxygen atoms in total. The summed E-state index contributed by atoms with van der Waals surface area (Å²) in [5.41, 5.74) is 1.36. The number of hydrogen-bond acceptors (Lipinski definition) is 4. The summed E-state index contributed by atoms with van der Waals surface area (Å²) < 4.78 is 0. The Bertz CT molecular complexity index is 811. The van der Waals surface area contributed by atoms with E-state index in [-0.39, 0.29) is 23.9 Å². The molecule has 4 atom stereocenters. The van der Waals surface area contributed by atoms with E-state index >= 15 is 0 Å². The maximum atomic E-state index is 14.2. The van der Waals surface area contributed by atoms with E-state index in [0.29, 0.717) is 11.8 Å². The molecule has 37 heavy (non-hydrogen) atoms. The molecule has 0 bridgehead atoms. The third-order valence-electron chi connectivity index (χ3n) is 8.68. The van der Waals surface area contributed by atoms with Gasteiger partial charge in [-0.15, -0.1) is 0 Å². The van der Waals surface area contributed by atoms with Crippen LogP contribution in [0.1, 0.15) is 84.1 Å². The molecule has 1 saturated heterocycles. The summed E-state index contributed by atoms with van der Waals surface area (Å²) >= 11 is 0. The maximum Gasteiger partial charge on any atom is 0.245 e.